The number of primary sulfonamides is 1. The van der Waals surface area contributed by atoms with Crippen LogP contribution in [-0.4, -0.2) is 53.5 Å². The number of ether oxygens (including phenoxy) is 1. The van der Waals surface area contributed by atoms with Crippen LogP contribution >= 0.6 is 12.4 Å². The van der Waals surface area contributed by atoms with Gasteiger partial charge in [0.15, 0.2) is 11.6 Å². The zero-order valence-electron chi connectivity index (χ0n) is 13.1. The number of hydrogen-bond donors (Lipinski definition) is 2. The van der Waals surface area contributed by atoms with E-state index in [-0.39, 0.29) is 30.3 Å². The molecule has 0 aromatic heterocycles. The van der Waals surface area contributed by atoms with Gasteiger partial charge in [0.2, 0.25) is 15.9 Å². The molecule has 1 aromatic rings. The Kier molecular flexibility index (Phi) is 8.46. The largest absolute Gasteiger partial charge is 0.492 e. The summed E-state index contributed by atoms with van der Waals surface area (Å²) in [5.74, 6) is -1.60. The van der Waals surface area contributed by atoms with Gasteiger partial charge in [0.1, 0.15) is 4.90 Å². The van der Waals surface area contributed by atoms with Gasteiger partial charge in [-0.2, -0.15) is 0 Å². The summed E-state index contributed by atoms with van der Waals surface area (Å²) in [6, 6.07) is 2.22. The van der Waals surface area contributed by atoms with E-state index in [0.29, 0.717) is 13.1 Å². The van der Waals surface area contributed by atoms with Gasteiger partial charge in [-0.15, -0.1) is 12.4 Å². The lowest BCUT2D eigenvalue weighted by molar-refractivity contribution is -0.129. The second kappa shape index (κ2) is 9.02. The summed E-state index contributed by atoms with van der Waals surface area (Å²) in [5, 5.41) is 7.95. The fraction of sp³-hybridized carbons (Fsp3) is 0.462. The van der Waals surface area contributed by atoms with Crippen LogP contribution < -0.4 is 15.2 Å². The molecule has 0 atom stereocenters. The molecule has 0 saturated heterocycles. The maximum Gasteiger partial charge on any atom is 0.241 e. The van der Waals surface area contributed by atoms with Gasteiger partial charge in [0.05, 0.1) is 13.5 Å². The quantitative estimate of drug-likeness (QED) is 0.711. The fourth-order valence-electron chi connectivity index (χ4n) is 1.85. The number of nitrogens with two attached hydrogens (primary N) is 1. The minimum absolute atomic E-state index is 0. The smallest absolute Gasteiger partial charge is 0.241 e. The summed E-state index contributed by atoms with van der Waals surface area (Å²) in [6.07, 6.45) is -0.135. The number of nitrogens with one attached hydrogen (secondary N) is 1. The number of nitrogens with zero attached hydrogens (tertiary/aromatic N) is 1. The maximum atomic E-state index is 13.9. The second-order valence-electron chi connectivity index (χ2n) is 4.75. The molecular formula is C13H21ClFN3O4S. The molecule has 0 radical (unpaired) electrons. The van der Waals surface area contributed by atoms with E-state index in [1.165, 1.54) is 4.90 Å². The first-order valence-corrected chi connectivity index (χ1v) is 8.03. The van der Waals surface area contributed by atoms with Crippen molar-refractivity contribution in [3.63, 3.8) is 0 Å². The molecule has 0 fully saturated rings. The first-order valence-electron chi connectivity index (χ1n) is 6.48. The van der Waals surface area contributed by atoms with Crippen LogP contribution in [0, 0.1) is 5.82 Å². The molecule has 7 nitrogen and oxygen atoms in total. The maximum absolute atomic E-state index is 13.9. The van der Waals surface area contributed by atoms with E-state index >= 15 is 0 Å². The van der Waals surface area contributed by atoms with Crippen molar-refractivity contribution < 1.29 is 22.3 Å². The third-order valence-corrected chi connectivity index (χ3v) is 3.97. The molecule has 0 aliphatic carbocycles. The van der Waals surface area contributed by atoms with Crippen LogP contribution in [0.2, 0.25) is 0 Å². The summed E-state index contributed by atoms with van der Waals surface area (Å²) >= 11 is 0. The Morgan fingerprint density at radius 3 is 2.52 bits per heavy atom. The molecule has 0 aliphatic rings. The van der Waals surface area contributed by atoms with Crippen molar-refractivity contribution >= 4 is 28.3 Å². The van der Waals surface area contributed by atoms with Crippen molar-refractivity contribution in [3.8, 4) is 5.75 Å². The summed E-state index contributed by atoms with van der Waals surface area (Å²) < 4.78 is 41.7. The van der Waals surface area contributed by atoms with Crippen LogP contribution in [0.4, 0.5) is 4.39 Å². The highest BCUT2D eigenvalue weighted by molar-refractivity contribution is 7.89. The Labute approximate surface area is 141 Å². The molecule has 0 bridgehead atoms. The lowest BCUT2D eigenvalue weighted by Gasteiger charge is -2.17. The van der Waals surface area contributed by atoms with E-state index < -0.39 is 26.5 Å². The summed E-state index contributed by atoms with van der Waals surface area (Å²) in [7, 11) is 0.352. The minimum Gasteiger partial charge on any atom is -0.492 e. The third-order valence-electron chi connectivity index (χ3n) is 3.06. The summed E-state index contributed by atoms with van der Waals surface area (Å²) in [6.45, 7) is 1.09. The zero-order valence-corrected chi connectivity index (χ0v) is 14.8. The van der Waals surface area contributed by atoms with E-state index in [2.05, 4.69) is 5.32 Å². The Morgan fingerprint density at radius 2 is 2.04 bits per heavy atom. The molecule has 0 heterocycles. The van der Waals surface area contributed by atoms with Gasteiger partial charge in [-0.25, -0.2) is 17.9 Å². The Balaban J connectivity index is 0.00000484. The second-order valence-corrected chi connectivity index (χ2v) is 6.28. The van der Waals surface area contributed by atoms with Gasteiger partial charge < -0.3 is 15.0 Å². The monoisotopic (exact) mass is 369 g/mol. The lowest BCUT2D eigenvalue weighted by atomic mass is 10.1. The van der Waals surface area contributed by atoms with Gasteiger partial charge in [0.25, 0.3) is 0 Å². The zero-order chi connectivity index (χ0) is 16.9. The number of methoxy groups -OCH3 is 1. The number of sulfonamides is 1. The number of amides is 1. The van der Waals surface area contributed by atoms with E-state index in [1.54, 1.807) is 14.1 Å². The van der Waals surface area contributed by atoms with E-state index in [0.717, 1.165) is 19.2 Å². The molecule has 0 saturated carbocycles. The van der Waals surface area contributed by atoms with Crippen molar-refractivity contribution in [1.29, 1.82) is 0 Å². The van der Waals surface area contributed by atoms with Crippen LogP contribution in [0.3, 0.4) is 0 Å². The molecule has 0 spiro atoms. The predicted molar refractivity (Wildman–Crippen MR) is 86.8 cm³/mol. The molecule has 132 valence electrons. The SMILES string of the molecule is CNCCN(C)C(=O)Cc1cc(F)c(OC)c(S(N)(=O)=O)c1.Cl. The predicted octanol–water partition coefficient (Wildman–Crippen LogP) is 0.124. The Morgan fingerprint density at radius 1 is 1.43 bits per heavy atom. The summed E-state index contributed by atoms with van der Waals surface area (Å²) in [5.41, 5.74) is 0.212. The van der Waals surface area contributed by atoms with Crippen molar-refractivity contribution in [2.45, 2.75) is 11.3 Å². The average Bonchev–Trinajstić information content (AvgIpc) is 2.43. The van der Waals surface area contributed by atoms with Crippen LogP contribution in [-0.2, 0) is 21.2 Å². The van der Waals surface area contributed by atoms with Crippen molar-refractivity contribution in [2.75, 3.05) is 34.3 Å². The van der Waals surface area contributed by atoms with Crippen LogP contribution in [0.15, 0.2) is 17.0 Å². The van der Waals surface area contributed by atoms with Gasteiger partial charge in [-0.05, 0) is 24.7 Å². The topological polar surface area (TPSA) is 102 Å². The minimum atomic E-state index is -4.16. The third kappa shape index (κ3) is 5.94. The van der Waals surface area contributed by atoms with Gasteiger partial charge >= 0.3 is 0 Å². The molecule has 0 unspecified atom stereocenters. The van der Waals surface area contributed by atoms with Crippen LogP contribution in [0.25, 0.3) is 0 Å². The summed E-state index contributed by atoms with van der Waals surface area (Å²) in [4.78, 5) is 13.0. The standard InChI is InChI=1S/C13H20FN3O4S.ClH/c1-16-4-5-17(2)12(18)8-9-6-10(14)13(21-3)11(7-9)22(15,19)20;/h6-7,16H,4-5,8H2,1-3H3,(H2,15,19,20);1H. The Hall–Kier alpha value is -1.42. The molecule has 0 aliphatic heterocycles. The van der Waals surface area contributed by atoms with Gasteiger partial charge in [0, 0.05) is 20.1 Å². The highest BCUT2D eigenvalue weighted by atomic mass is 35.5. The highest BCUT2D eigenvalue weighted by Crippen LogP contribution is 2.28. The highest BCUT2D eigenvalue weighted by Gasteiger charge is 2.21. The molecule has 10 heteroatoms. The normalized spacial score (nSPS) is 10.8. The number of likely N-dealkylation sites (N-methyl/N-ethyl adjacent to an activating group) is 2. The van der Waals surface area contributed by atoms with Crippen molar-refractivity contribution in [2.24, 2.45) is 5.14 Å². The number of halogens is 2. The molecule has 23 heavy (non-hydrogen) atoms. The molecule has 1 rings (SSSR count). The van der Waals surface area contributed by atoms with E-state index in [1.807, 2.05) is 0 Å². The van der Waals surface area contributed by atoms with E-state index in [4.69, 9.17) is 9.88 Å². The number of benzene rings is 1. The van der Waals surface area contributed by atoms with Crippen LogP contribution in [0.5, 0.6) is 5.75 Å². The number of rotatable bonds is 7. The molecular weight excluding hydrogens is 349 g/mol. The number of carbonyl (C=O) groups excluding carboxylic acids is 1. The molecule has 1 amide bonds. The van der Waals surface area contributed by atoms with Gasteiger partial charge in [-0.1, -0.05) is 0 Å². The van der Waals surface area contributed by atoms with Crippen molar-refractivity contribution in [1.82, 2.24) is 10.2 Å². The number of carbonyl (C=O) groups is 1. The lowest BCUT2D eigenvalue weighted by Crippen LogP contribution is -2.33. The number of hydrogen-bond acceptors (Lipinski definition) is 5. The fourth-order valence-corrected chi connectivity index (χ4v) is 2.60. The van der Waals surface area contributed by atoms with Gasteiger partial charge in [-0.3, -0.25) is 4.79 Å². The van der Waals surface area contributed by atoms with E-state index in [9.17, 15) is 17.6 Å². The first-order chi connectivity index (χ1) is 10.2. The van der Waals surface area contributed by atoms with Crippen molar-refractivity contribution in [3.05, 3.63) is 23.5 Å². The Bertz CT molecular complexity index is 655. The van der Waals surface area contributed by atoms with Crippen LogP contribution in [0.1, 0.15) is 5.56 Å². The first kappa shape index (κ1) is 21.6. The average molecular weight is 370 g/mol. The molecule has 1 aromatic carbocycles. The molecule has 3 N–H and O–H groups in total.